The highest BCUT2D eigenvalue weighted by molar-refractivity contribution is 8.00. The second kappa shape index (κ2) is 10.4. The average Bonchev–Trinajstić information content (AvgIpc) is 2.78. The van der Waals surface area contributed by atoms with Gasteiger partial charge in [0.15, 0.2) is 0 Å². The molecule has 0 aliphatic carbocycles. The fourth-order valence-electron chi connectivity index (χ4n) is 2.90. The first-order valence-electron chi connectivity index (χ1n) is 9.55. The normalized spacial score (nSPS) is 10.3. The fraction of sp³-hybridized carbons (Fsp3) is 0.125. The van der Waals surface area contributed by atoms with Gasteiger partial charge in [-0.15, -0.1) is 11.8 Å². The van der Waals surface area contributed by atoms with Crippen LogP contribution in [0.5, 0.6) is 0 Å². The predicted octanol–water partition coefficient (Wildman–Crippen LogP) is 4.76. The highest BCUT2D eigenvalue weighted by Crippen LogP contribution is 2.23. The summed E-state index contributed by atoms with van der Waals surface area (Å²) >= 11 is 1.33. The third-order valence-corrected chi connectivity index (χ3v) is 5.45. The standard InChI is InChI=1S/C24H22N2O4S/c1-16-8-3-4-11-19(16)23(28)25-17-9-7-10-18(14-17)31-15-22(27)26-21-13-6-5-12-20(21)24(29)30-2/h3-14H,15H2,1-2H3,(H,25,28)(H,26,27). The second-order valence-electron chi connectivity index (χ2n) is 6.67. The van der Waals surface area contributed by atoms with Crippen molar-refractivity contribution in [3.8, 4) is 0 Å². The molecule has 0 spiro atoms. The van der Waals surface area contributed by atoms with E-state index in [-0.39, 0.29) is 17.6 Å². The maximum absolute atomic E-state index is 12.5. The number of ether oxygens (including phenoxy) is 1. The molecule has 7 heteroatoms. The molecule has 6 nitrogen and oxygen atoms in total. The highest BCUT2D eigenvalue weighted by atomic mass is 32.2. The summed E-state index contributed by atoms with van der Waals surface area (Å²) in [5.41, 5.74) is 2.86. The SMILES string of the molecule is COC(=O)c1ccccc1NC(=O)CSc1cccc(NC(=O)c2ccccc2C)c1. The van der Waals surface area contributed by atoms with Crippen LogP contribution in [0, 0.1) is 6.92 Å². The zero-order valence-corrected chi connectivity index (χ0v) is 18.0. The molecular weight excluding hydrogens is 412 g/mol. The van der Waals surface area contributed by atoms with E-state index in [0.717, 1.165) is 10.5 Å². The van der Waals surface area contributed by atoms with Gasteiger partial charge in [0.25, 0.3) is 5.91 Å². The van der Waals surface area contributed by atoms with Crippen molar-refractivity contribution in [3.05, 3.63) is 89.5 Å². The lowest BCUT2D eigenvalue weighted by Crippen LogP contribution is -2.17. The number of nitrogens with one attached hydrogen (secondary N) is 2. The van der Waals surface area contributed by atoms with Gasteiger partial charge in [-0.2, -0.15) is 0 Å². The summed E-state index contributed by atoms with van der Waals surface area (Å²) in [5.74, 6) is -0.807. The molecule has 3 aromatic rings. The number of hydrogen-bond acceptors (Lipinski definition) is 5. The molecule has 0 bridgehead atoms. The van der Waals surface area contributed by atoms with Gasteiger partial charge < -0.3 is 15.4 Å². The minimum atomic E-state index is -0.513. The Bertz CT molecular complexity index is 1110. The van der Waals surface area contributed by atoms with Crippen LogP contribution in [0.25, 0.3) is 0 Å². The van der Waals surface area contributed by atoms with E-state index in [0.29, 0.717) is 22.5 Å². The monoisotopic (exact) mass is 434 g/mol. The molecule has 0 saturated heterocycles. The van der Waals surface area contributed by atoms with E-state index >= 15 is 0 Å². The molecule has 158 valence electrons. The van der Waals surface area contributed by atoms with Crippen LogP contribution in [0.15, 0.2) is 77.7 Å². The smallest absolute Gasteiger partial charge is 0.339 e. The quantitative estimate of drug-likeness (QED) is 0.414. The summed E-state index contributed by atoms with van der Waals surface area (Å²) < 4.78 is 4.74. The van der Waals surface area contributed by atoms with Crippen molar-refractivity contribution < 1.29 is 19.1 Å². The molecule has 0 saturated carbocycles. The Morgan fingerprint density at radius 3 is 2.32 bits per heavy atom. The lowest BCUT2D eigenvalue weighted by molar-refractivity contribution is -0.113. The first-order valence-corrected chi connectivity index (χ1v) is 10.5. The van der Waals surface area contributed by atoms with E-state index in [1.54, 1.807) is 36.4 Å². The third kappa shape index (κ3) is 5.96. The van der Waals surface area contributed by atoms with Crippen LogP contribution in [-0.4, -0.2) is 30.6 Å². The minimum absolute atomic E-state index is 0.144. The van der Waals surface area contributed by atoms with Crippen LogP contribution in [0.4, 0.5) is 11.4 Å². The number of hydrogen-bond donors (Lipinski definition) is 2. The molecule has 2 N–H and O–H groups in total. The molecule has 2 amide bonds. The Kier molecular flexibility index (Phi) is 7.45. The molecule has 0 atom stereocenters. The topological polar surface area (TPSA) is 84.5 Å². The van der Waals surface area contributed by atoms with Gasteiger partial charge in [0.05, 0.1) is 24.1 Å². The molecular formula is C24H22N2O4S. The Labute approximate surface area is 185 Å². The summed E-state index contributed by atoms with van der Waals surface area (Å²) in [6, 6.07) is 21.4. The van der Waals surface area contributed by atoms with Crippen LogP contribution in [0.3, 0.4) is 0 Å². The molecule has 3 rings (SSSR count). The van der Waals surface area contributed by atoms with E-state index in [2.05, 4.69) is 10.6 Å². The van der Waals surface area contributed by atoms with E-state index in [4.69, 9.17) is 4.74 Å². The summed E-state index contributed by atoms with van der Waals surface area (Å²) in [5, 5.41) is 5.63. The van der Waals surface area contributed by atoms with E-state index < -0.39 is 5.97 Å². The largest absolute Gasteiger partial charge is 0.465 e. The van der Waals surface area contributed by atoms with Gasteiger partial charge in [-0.1, -0.05) is 36.4 Å². The third-order valence-electron chi connectivity index (χ3n) is 4.46. The predicted molar refractivity (Wildman–Crippen MR) is 123 cm³/mol. The van der Waals surface area contributed by atoms with Crippen molar-refractivity contribution in [1.29, 1.82) is 0 Å². The van der Waals surface area contributed by atoms with Crippen molar-refractivity contribution in [2.75, 3.05) is 23.5 Å². The van der Waals surface area contributed by atoms with Crippen LogP contribution in [0.1, 0.15) is 26.3 Å². The number of carbonyl (C=O) groups excluding carboxylic acids is 3. The van der Waals surface area contributed by atoms with Gasteiger partial charge >= 0.3 is 5.97 Å². The van der Waals surface area contributed by atoms with Crippen molar-refractivity contribution in [3.63, 3.8) is 0 Å². The van der Waals surface area contributed by atoms with E-state index in [9.17, 15) is 14.4 Å². The van der Waals surface area contributed by atoms with Gasteiger partial charge in [-0.05, 0) is 48.9 Å². The Morgan fingerprint density at radius 2 is 1.58 bits per heavy atom. The zero-order valence-electron chi connectivity index (χ0n) is 17.2. The first kappa shape index (κ1) is 22.1. The number of thioether (sulfide) groups is 1. The number of methoxy groups -OCH3 is 1. The van der Waals surface area contributed by atoms with Gasteiger partial charge in [-0.25, -0.2) is 4.79 Å². The maximum atomic E-state index is 12.5. The van der Waals surface area contributed by atoms with Crippen LogP contribution in [0.2, 0.25) is 0 Å². The van der Waals surface area contributed by atoms with E-state index in [1.165, 1.54) is 18.9 Å². The molecule has 0 radical (unpaired) electrons. The van der Waals surface area contributed by atoms with Crippen LogP contribution in [-0.2, 0) is 9.53 Å². The molecule has 0 aromatic heterocycles. The van der Waals surface area contributed by atoms with Crippen molar-refractivity contribution in [1.82, 2.24) is 0 Å². The number of aryl methyl sites for hydroxylation is 1. The molecule has 31 heavy (non-hydrogen) atoms. The Morgan fingerprint density at radius 1 is 0.871 bits per heavy atom. The fourth-order valence-corrected chi connectivity index (χ4v) is 3.66. The van der Waals surface area contributed by atoms with Gasteiger partial charge in [-0.3, -0.25) is 9.59 Å². The second-order valence-corrected chi connectivity index (χ2v) is 7.72. The summed E-state index contributed by atoms with van der Waals surface area (Å²) in [6.07, 6.45) is 0. The number of para-hydroxylation sites is 1. The molecule has 0 aliphatic rings. The zero-order chi connectivity index (χ0) is 22.2. The summed E-state index contributed by atoms with van der Waals surface area (Å²) in [7, 11) is 1.29. The molecule has 0 unspecified atom stereocenters. The number of amides is 2. The number of rotatable bonds is 7. The lowest BCUT2D eigenvalue weighted by atomic mass is 10.1. The summed E-state index contributed by atoms with van der Waals surface area (Å²) in [6.45, 7) is 1.89. The number of carbonyl (C=O) groups is 3. The Hall–Kier alpha value is -3.58. The van der Waals surface area contributed by atoms with Crippen molar-refractivity contribution >= 4 is 40.9 Å². The van der Waals surface area contributed by atoms with Gasteiger partial charge in [0, 0.05) is 16.1 Å². The number of esters is 1. The molecule has 0 aliphatic heterocycles. The number of anilines is 2. The molecule has 0 fully saturated rings. The van der Waals surface area contributed by atoms with Crippen molar-refractivity contribution in [2.24, 2.45) is 0 Å². The van der Waals surface area contributed by atoms with Crippen LogP contribution >= 0.6 is 11.8 Å². The first-order chi connectivity index (χ1) is 15.0. The maximum Gasteiger partial charge on any atom is 0.339 e. The van der Waals surface area contributed by atoms with Crippen LogP contribution < -0.4 is 10.6 Å². The Balaban J connectivity index is 1.61. The molecule has 0 heterocycles. The van der Waals surface area contributed by atoms with Gasteiger partial charge in [0.2, 0.25) is 5.91 Å². The van der Waals surface area contributed by atoms with E-state index in [1.807, 2.05) is 43.3 Å². The van der Waals surface area contributed by atoms with Gasteiger partial charge in [0.1, 0.15) is 0 Å². The van der Waals surface area contributed by atoms with Crippen molar-refractivity contribution in [2.45, 2.75) is 11.8 Å². The number of benzene rings is 3. The minimum Gasteiger partial charge on any atom is -0.465 e. The highest BCUT2D eigenvalue weighted by Gasteiger charge is 2.14. The summed E-state index contributed by atoms with van der Waals surface area (Å²) in [4.78, 5) is 37.6. The molecule has 3 aromatic carbocycles. The lowest BCUT2D eigenvalue weighted by Gasteiger charge is -2.10. The average molecular weight is 435 g/mol.